The van der Waals surface area contributed by atoms with Gasteiger partial charge in [0.1, 0.15) is 0 Å². The van der Waals surface area contributed by atoms with Crippen LogP contribution in [0, 0.1) is 0 Å². The van der Waals surface area contributed by atoms with Crippen molar-refractivity contribution in [3.63, 3.8) is 0 Å². The molecule has 3 nitrogen and oxygen atoms in total. The van der Waals surface area contributed by atoms with Crippen LogP contribution in [0.25, 0.3) is 0 Å². The molecule has 0 saturated heterocycles. The first kappa shape index (κ1) is 16.3. The van der Waals surface area contributed by atoms with E-state index in [1.165, 1.54) is 0 Å². The fourth-order valence-corrected chi connectivity index (χ4v) is 2.19. The maximum atomic E-state index is 12.6. The van der Waals surface area contributed by atoms with Crippen LogP contribution in [-0.4, -0.2) is 10.9 Å². The van der Waals surface area contributed by atoms with Crippen LogP contribution in [0.3, 0.4) is 0 Å². The van der Waals surface area contributed by atoms with Crippen LogP contribution >= 0.6 is 11.6 Å². The third-order valence-corrected chi connectivity index (χ3v) is 3.29. The van der Waals surface area contributed by atoms with Gasteiger partial charge in [0.15, 0.2) is 0 Å². The highest BCUT2D eigenvalue weighted by molar-refractivity contribution is 6.31. The van der Waals surface area contributed by atoms with Crippen molar-refractivity contribution in [2.24, 2.45) is 0 Å². The molecule has 7 heteroatoms. The molecule has 2 aromatic rings. The first-order valence-corrected chi connectivity index (χ1v) is 6.75. The van der Waals surface area contributed by atoms with E-state index in [1.807, 2.05) is 0 Å². The van der Waals surface area contributed by atoms with E-state index in [0.29, 0.717) is 11.8 Å². The molecule has 1 unspecified atom stereocenters. The number of pyridine rings is 1. The average Bonchev–Trinajstić information content (AvgIpc) is 2.46. The second kappa shape index (κ2) is 6.36. The van der Waals surface area contributed by atoms with Crippen molar-refractivity contribution in [1.82, 2.24) is 10.3 Å². The molecule has 0 aliphatic rings. The van der Waals surface area contributed by atoms with Gasteiger partial charge in [-0.15, -0.1) is 0 Å². The van der Waals surface area contributed by atoms with E-state index in [1.54, 1.807) is 37.3 Å². The third kappa shape index (κ3) is 3.76. The molecule has 1 aromatic carbocycles. The summed E-state index contributed by atoms with van der Waals surface area (Å²) in [5.74, 6) is -0.356. The molecule has 1 amide bonds. The highest BCUT2D eigenvalue weighted by atomic mass is 35.5. The Bertz CT molecular complexity index is 674. The quantitative estimate of drug-likeness (QED) is 0.915. The third-order valence-electron chi connectivity index (χ3n) is 2.99. The van der Waals surface area contributed by atoms with Gasteiger partial charge in [0, 0.05) is 11.8 Å². The zero-order valence-electron chi connectivity index (χ0n) is 11.5. The monoisotopic (exact) mass is 328 g/mol. The number of rotatable bonds is 3. The number of aromatic nitrogens is 1. The van der Waals surface area contributed by atoms with E-state index in [-0.39, 0.29) is 16.6 Å². The van der Waals surface area contributed by atoms with Crippen molar-refractivity contribution in [2.75, 3.05) is 0 Å². The summed E-state index contributed by atoms with van der Waals surface area (Å²) in [7, 11) is 0. The first-order valence-electron chi connectivity index (χ1n) is 6.37. The highest BCUT2D eigenvalue weighted by Gasteiger charge is 2.32. The maximum absolute atomic E-state index is 12.6. The van der Waals surface area contributed by atoms with Crippen molar-refractivity contribution in [3.8, 4) is 0 Å². The van der Waals surface area contributed by atoms with Crippen LogP contribution in [0.4, 0.5) is 13.2 Å². The number of halogens is 4. The summed E-state index contributed by atoms with van der Waals surface area (Å²) >= 11 is 5.85. The van der Waals surface area contributed by atoms with E-state index in [0.717, 1.165) is 6.07 Å². The predicted molar refractivity (Wildman–Crippen MR) is 76.6 cm³/mol. The molecule has 0 aliphatic heterocycles. The summed E-state index contributed by atoms with van der Waals surface area (Å²) in [5.41, 5.74) is -0.306. The number of nitrogens with one attached hydrogen (secondary N) is 1. The van der Waals surface area contributed by atoms with Gasteiger partial charge in [0.2, 0.25) is 0 Å². The Kier molecular flexibility index (Phi) is 4.71. The maximum Gasteiger partial charge on any atom is 0.417 e. The van der Waals surface area contributed by atoms with Gasteiger partial charge in [0.05, 0.1) is 22.3 Å². The highest BCUT2D eigenvalue weighted by Crippen LogP contribution is 2.32. The van der Waals surface area contributed by atoms with Crippen molar-refractivity contribution in [1.29, 1.82) is 0 Å². The van der Waals surface area contributed by atoms with Gasteiger partial charge in [-0.3, -0.25) is 9.78 Å². The van der Waals surface area contributed by atoms with Gasteiger partial charge in [0.25, 0.3) is 5.91 Å². The minimum absolute atomic E-state index is 0.143. The normalized spacial score (nSPS) is 12.8. The fraction of sp³-hybridized carbons (Fsp3) is 0.200. The largest absolute Gasteiger partial charge is 0.417 e. The molecule has 0 spiro atoms. The van der Waals surface area contributed by atoms with Crippen molar-refractivity contribution in [2.45, 2.75) is 19.1 Å². The van der Waals surface area contributed by atoms with Crippen LogP contribution in [0.2, 0.25) is 5.02 Å². The fourth-order valence-electron chi connectivity index (χ4n) is 1.86. The van der Waals surface area contributed by atoms with Gasteiger partial charge in [-0.2, -0.15) is 13.2 Å². The van der Waals surface area contributed by atoms with E-state index in [4.69, 9.17) is 11.6 Å². The lowest BCUT2D eigenvalue weighted by atomic mass is 10.1. The molecule has 22 heavy (non-hydrogen) atoms. The molecule has 1 heterocycles. The Balaban J connectivity index is 2.16. The predicted octanol–water partition coefficient (Wildman–Crippen LogP) is 4.24. The van der Waals surface area contributed by atoms with E-state index < -0.39 is 17.8 Å². The van der Waals surface area contributed by atoms with Crippen molar-refractivity contribution < 1.29 is 18.0 Å². The minimum atomic E-state index is -4.51. The Morgan fingerprint density at radius 2 is 1.91 bits per heavy atom. The summed E-state index contributed by atoms with van der Waals surface area (Å²) in [6.07, 6.45) is -3.81. The Hall–Kier alpha value is -2.08. The van der Waals surface area contributed by atoms with Crippen molar-refractivity contribution >= 4 is 17.5 Å². The molecule has 0 bridgehead atoms. The van der Waals surface area contributed by atoms with E-state index >= 15 is 0 Å². The number of amides is 1. The zero-order chi connectivity index (χ0) is 16.3. The molecule has 2 rings (SSSR count). The first-order chi connectivity index (χ1) is 10.3. The smallest absolute Gasteiger partial charge is 0.344 e. The van der Waals surface area contributed by atoms with Gasteiger partial charge in [-0.1, -0.05) is 29.8 Å². The lowest BCUT2D eigenvalue weighted by Crippen LogP contribution is -2.27. The molecule has 1 aromatic heterocycles. The minimum Gasteiger partial charge on any atom is -0.344 e. The van der Waals surface area contributed by atoms with Gasteiger partial charge in [-0.05, 0) is 25.1 Å². The Labute approximate surface area is 130 Å². The molecule has 0 saturated carbocycles. The lowest BCUT2D eigenvalue weighted by Gasteiger charge is -2.16. The SMILES string of the molecule is CC(NC(=O)c1ccccc1)c1ncc(C(F)(F)F)cc1Cl. The lowest BCUT2D eigenvalue weighted by molar-refractivity contribution is -0.137. The molecule has 116 valence electrons. The van der Waals surface area contributed by atoms with Gasteiger partial charge < -0.3 is 5.32 Å². The van der Waals surface area contributed by atoms with Crippen LogP contribution in [-0.2, 0) is 6.18 Å². The second-order valence-electron chi connectivity index (χ2n) is 4.65. The van der Waals surface area contributed by atoms with E-state index in [9.17, 15) is 18.0 Å². The van der Waals surface area contributed by atoms with Crippen LogP contribution < -0.4 is 5.32 Å². The molecule has 1 atom stereocenters. The molecular formula is C15H12ClF3N2O. The number of hydrogen-bond donors (Lipinski definition) is 1. The molecule has 1 N–H and O–H groups in total. The summed E-state index contributed by atoms with van der Waals surface area (Å²) in [6, 6.07) is 8.63. The van der Waals surface area contributed by atoms with Gasteiger partial charge in [-0.25, -0.2) is 0 Å². The summed E-state index contributed by atoms with van der Waals surface area (Å²) in [6.45, 7) is 1.60. The summed E-state index contributed by atoms with van der Waals surface area (Å²) in [5, 5.41) is 2.50. The Morgan fingerprint density at radius 1 is 1.27 bits per heavy atom. The topological polar surface area (TPSA) is 42.0 Å². The molecule has 0 fully saturated rings. The zero-order valence-corrected chi connectivity index (χ0v) is 12.2. The number of carbonyl (C=O) groups is 1. The van der Waals surface area contributed by atoms with Crippen LogP contribution in [0.15, 0.2) is 42.6 Å². The summed E-state index contributed by atoms with van der Waals surface area (Å²) < 4.78 is 37.7. The number of alkyl halides is 3. The number of nitrogens with zero attached hydrogens (tertiary/aromatic N) is 1. The Morgan fingerprint density at radius 3 is 2.45 bits per heavy atom. The number of hydrogen-bond acceptors (Lipinski definition) is 2. The molecular weight excluding hydrogens is 317 g/mol. The average molecular weight is 329 g/mol. The van der Waals surface area contributed by atoms with Crippen LogP contribution in [0.5, 0.6) is 0 Å². The van der Waals surface area contributed by atoms with Gasteiger partial charge >= 0.3 is 6.18 Å². The second-order valence-corrected chi connectivity index (χ2v) is 5.06. The molecule has 0 radical (unpaired) electrons. The van der Waals surface area contributed by atoms with E-state index in [2.05, 4.69) is 10.3 Å². The van der Waals surface area contributed by atoms with Crippen LogP contribution in [0.1, 0.15) is 34.6 Å². The van der Waals surface area contributed by atoms with Crippen molar-refractivity contribution in [3.05, 3.63) is 64.4 Å². The standard InChI is InChI=1S/C15H12ClF3N2O/c1-9(21-14(22)10-5-3-2-4-6-10)13-12(16)7-11(8-20-13)15(17,18)19/h2-9H,1H3,(H,21,22). The molecule has 0 aliphatic carbocycles. The number of benzene rings is 1. The summed E-state index contributed by atoms with van der Waals surface area (Å²) in [4.78, 5) is 15.7. The number of carbonyl (C=O) groups excluding carboxylic acids is 1.